The summed E-state index contributed by atoms with van der Waals surface area (Å²) in [5.74, 6) is 0.554. The van der Waals surface area contributed by atoms with Crippen LogP contribution in [0, 0.1) is 0 Å². The van der Waals surface area contributed by atoms with Crippen molar-refractivity contribution in [3.8, 4) is 0 Å². The molecule has 1 aromatic carbocycles. The second-order valence-electron chi connectivity index (χ2n) is 3.50. The Labute approximate surface area is 86.6 Å². The van der Waals surface area contributed by atoms with Gasteiger partial charge in [0.2, 0.25) is 5.52 Å². The van der Waals surface area contributed by atoms with Crippen molar-refractivity contribution in [2.45, 2.75) is 0 Å². The molecule has 0 spiro atoms. The van der Waals surface area contributed by atoms with E-state index in [1.54, 1.807) is 0 Å². The molecule has 0 unspecified atom stereocenters. The number of nitrogen functional groups attached to an aromatic ring is 1. The van der Waals surface area contributed by atoms with Crippen molar-refractivity contribution in [1.29, 1.82) is 0 Å². The molecule has 0 atom stereocenters. The minimum Gasteiger partial charge on any atom is -0.384 e. The van der Waals surface area contributed by atoms with Crippen molar-refractivity contribution in [3.05, 3.63) is 42.6 Å². The first kappa shape index (κ1) is 8.17. The quantitative estimate of drug-likeness (QED) is 0.557. The van der Waals surface area contributed by atoms with Gasteiger partial charge in [0, 0.05) is 11.5 Å². The van der Waals surface area contributed by atoms with Gasteiger partial charge in [-0.3, -0.25) is 0 Å². The van der Waals surface area contributed by atoms with E-state index >= 15 is 0 Å². The van der Waals surface area contributed by atoms with Gasteiger partial charge in [-0.25, -0.2) is 9.97 Å². The van der Waals surface area contributed by atoms with Gasteiger partial charge in [-0.15, -0.1) is 0 Å². The van der Waals surface area contributed by atoms with E-state index in [0.717, 1.165) is 16.4 Å². The Kier molecular flexibility index (Phi) is 1.59. The van der Waals surface area contributed by atoms with Gasteiger partial charge < -0.3 is 5.73 Å². The molecule has 3 N–H and O–H groups in total. The zero-order valence-electron chi connectivity index (χ0n) is 8.07. The van der Waals surface area contributed by atoms with E-state index in [0.29, 0.717) is 5.82 Å². The molecule has 2 heterocycles. The summed E-state index contributed by atoms with van der Waals surface area (Å²) in [6.45, 7) is 0. The Bertz CT molecular complexity index is 646. The number of rotatable bonds is 0. The van der Waals surface area contributed by atoms with Crippen molar-refractivity contribution >= 4 is 27.6 Å². The van der Waals surface area contributed by atoms with E-state index in [4.69, 9.17) is 5.73 Å². The van der Waals surface area contributed by atoms with E-state index < -0.39 is 0 Å². The molecule has 0 aliphatic heterocycles. The number of anilines is 1. The lowest BCUT2D eigenvalue weighted by atomic mass is 10.1. The topological polar surface area (TPSA) is 53.0 Å². The zero-order chi connectivity index (χ0) is 10.3. The lowest BCUT2D eigenvalue weighted by Gasteiger charge is -1.98. The molecule has 0 bridgehead atoms. The molecule has 0 aliphatic carbocycles. The van der Waals surface area contributed by atoms with Crippen LogP contribution in [0.3, 0.4) is 0 Å². The van der Waals surface area contributed by atoms with E-state index in [9.17, 15) is 0 Å². The molecule has 0 saturated carbocycles. The number of H-pyrrole nitrogens is 1. The highest BCUT2D eigenvalue weighted by Gasteiger charge is 2.06. The van der Waals surface area contributed by atoms with Gasteiger partial charge in [0.1, 0.15) is 5.82 Å². The van der Waals surface area contributed by atoms with E-state index in [-0.39, 0.29) is 0 Å². The fourth-order valence-electron chi connectivity index (χ4n) is 1.82. The van der Waals surface area contributed by atoms with Crippen molar-refractivity contribution in [2.24, 2.45) is 0 Å². The second kappa shape index (κ2) is 2.92. The van der Waals surface area contributed by atoms with Gasteiger partial charge in [-0.2, -0.15) is 0 Å². The van der Waals surface area contributed by atoms with Crippen LogP contribution < -0.4 is 10.7 Å². The summed E-state index contributed by atoms with van der Waals surface area (Å²) in [5.41, 5.74) is 7.67. The van der Waals surface area contributed by atoms with E-state index in [2.05, 4.69) is 16.0 Å². The Morgan fingerprint density at radius 1 is 1.07 bits per heavy atom. The van der Waals surface area contributed by atoms with Crippen LogP contribution in [0.15, 0.2) is 42.6 Å². The number of benzene rings is 1. The average molecular weight is 196 g/mol. The Morgan fingerprint density at radius 2 is 2.00 bits per heavy atom. The van der Waals surface area contributed by atoms with Crippen LogP contribution >= 0.6 is 0 Å². The number of nitrogens with two attached hydrogens (primary N) is 1. The molecule has 2 aromatic heterocycles. The third-order valence-corrected chi connectivity index (χ3v) is 2.52. The minimum absolute atomic E-state index is 0.554. The lowest BCUT2D eigenvalue weighted by Crippen LogP contribution is -2.02. The molecule has 0 fully saturated rings. The highest BCUT2D eigenvalue weighted by atomic mass is 14.8. The largest absolute Gasteiger partial charge is 0.384 e. The van der Waals surface area contributed by atoms with E-state index in [1.165, 1.54) is 5.39 Å². The van der Waals surface area contributed by atoms with Crippen LogP contribution in [-0.4, -0.2) is 4.98 Å². The van der Waals surface area contributed by atoms with Crippen LogP contribution in [0.4, 0.5) is 5.82 Å². The Balaban J connectivity index is 2.55. The Hall–Kier alpha value is -2.16. The SMILES string of the molecule is Nc1ccc2c(ccc3ccc[nH+]c32)n1. The number of hydrogen-bond donors (Lipinski definition) is 1. The summed E-state index contributed by atoms with van der Waals surface area (Å²) in [6.07, 6.45) is 1.91. The first-order valence-corrected chi connectivity index (χ1v) is 4.80. The number of aromatic amines is 1. The second-order valence-corrected chi connectivity index (χ2v) is 3.50. The maximum absolute atomic E-state index is 5.65. The fourth-order valence-corrected chi connectivity index (χ4v) is 1.82. The van der Waals surface area contributed by atoms with Gasteiger partial charge in [-0.05, 0) is 30.3 Å². The first-order chi connectivity index (χ1) is 7.34. The van der Waals surface area contributed by atoms with Crippen LogP contribution in [0.2, 0.25) is 0 Å². The molecule has 15 heavy (non-hydrogen) atoms. The molecule has 0 amide bonds. The summed E-state index contributed by atoms with van der Waals surface area (Å²) in [4.78, 5) is 7.52. The number of nitrogens with one attached hydrogen (secondary N) is 1. The predicted molar refractivity (Wildman–Crippen MR) is 60.2 cm³/mol. The van der Waals surface area contributed by atoms with Gasteiger partial charge in [0.25, 0.3) is 0 Å². The highest BCUT2D eigenvalue weighted by molar-refractivity contribution is 6.01. The number of hydrogen-bond acceptors (Lipinski definition) is 2. The molecule has 0 saturated heterocycles. The standard InChI is InChI=1S/C12H9N3/c13-11-6-4-9-10(15-11)5-3-8-2-1-7-14-12(8)9/h1-7H,(H2,13,15)/p+1. The number of fused-ring (bicyclic) bond motifs is 3. The molecular weight excluding hydrogens is 186 g/mol. The van der Waals surface area contributed by atoms with Gasteiger partial charge in [-0.1, -0.05) is 0 Å². The summed E-state index contributed by atoms with van der Waals surface area (Å²) < 4.78 is 0. The van der Waals surface area contributed by atoms with E-state index in [1.807, 2.05) is 36.5 Å². The summed E-state index contributed by atoms with van der Waals surface area (Å²) in [5, 5.41) is 2.28. The summed E-state index contributed by atoms with van der Waals surface area (Å²) >= 11 is 0. The van der Waals surface area contributed by atoms with Crippen molar-refractivity contribution in [2.75, 3.05) is 5.73 Å². The summed E-state index contributed by atoms with van der Waals surface area (Å²) in [7, 11) is 0. The van der Waals surface area contributed by atoms with Crippen molar-refractivity contribution in [3.63, 3.8) is 0 Å². The number of aromatic nitrogens is 2. The summed E-state index contributed by atoms with van der Waals surface area (Å²) in [6, 6.07) is 11.9. The third-order valence-electron chi connectivity index (χ3n) is 2.52. The Morgan fingerprint density at radius 3 is 2.93 bits per heavy atom. The fraction of sp³-hybridized carbons (Fsp3) is 0. The van der Waals surface area contributed by atoms with Crippen LogP contribution in [0.25, 0.3) is 21.8 Å². The smallest absolute Gasteiger partial charge is 0.220 e. The molecule has 3 heteroatoms. The zero-order valence-corrected chi connectivity index (χ0v) is 8.07. The predicted octanol–water partition coefficient (Wildman–Crippen LogP) is 1.78. The maximum atomic E-state index is 5.65. The normalized spacial score (nSPS) is 10.9. The third kappa shape index (κ3) is 1.21. The molecule has 0 radical (unpaired) electrons. The van der Waals surface area contributed by atoms with Crippen molar-refractivity contribution in [1.82, 2.24) is 4.98 Å². The highest BCUT2D eigenvalue weighted by Crippen LogP contribution is 2.20. The van der Waals surface area contributed by atoms with Crippen LogP contribution in [0.5, 0.6) is 0 Å². The van der Waals surface area contributed by atoms with Crippen LogP contribution in [-0.2, 0) is 0 Å². The van der Waals surface area contributed by atoms with Gasteiger partial charge >= 0.3 is 0 Å². The minimum atomic E-state index is 0.554. The molecular formula is C12H10N3+. The molecule has 0 aliphatic rings. The average Bonchev–Trinajstić information content (AvgIpc) is 2.28. The molecule has 3 aromatic rings. The monoisotopic (exact) mass is 196 g/mol. The van der Waals surface area contributed by atoms with Gasteiger partial charge in [0.15, 0.2) is 6.20 Å². The molecule has 72 valence electrons. The first-order valence-electron chi connectivity index (χ1n) is 4.80. The number of pyridine rings is 2. The number of nitrogens with zero attached hydrogens (tertiary/aromatic N) is 1. The molecule has 3 nitrogen and oxygen atoms in total. The van der Waals surface area contributed by atoms with Gasteiger partial charge in [0.05, 0.1) is 10.9 Å². The lowest BCUT2D eigenvalue weighted by molar-refractivity contribution is -0.343. The molecule has 3 rings (SSSR count). The van der Waals surface area contributed by atoms with Crippen LogP contribution in [0.1, 0.15) is 0 Å². The maximum Gasteiger partial charge on any atom is 0.220 e. The van der Waals surface area contributed by atoms with Crippen molar-refractivity contribution < 1.29 is 4.98 Å².